The van der Waals surface area contributed by atoms with Crippen LogP contribution in [0, 0.1) is 0 Å². The summed E-state index contributed by atoms with van der Waals surface area (Å²) < 4.78 is 6.87. The number of para-hydroxylation sites is 2. The third kappa shape index (κ3) is 4.15. The molecule has 0 unspecified atom stereocenters. The summed E-state index contributed by atoms with van der Waals surface area (Å²) in [6, 6.07) is 76.4. The van der Waals surface area contributed by atoms with Gasteiger partial charge in [0.25, 0.3) is 0 Å². The average Bonchev–Trinajstić information content (AvgIpc) is 3.60. The number of hydrogen-bond acceptors (Lipinski definition) is 1. The maximum atomic E-state index is 6.87. The maximum absolute atomic E-state index is 6.87. The van der Waals surface area contributed by atoms with Crippen molar-refractivity contribution in [1.82, 2.24) is 0 Å². The molecule has 1 heterocycles. The van der Waals surface area contributed by atoms with Crippen LogP contribution in [0.5, 0.6) is 11.5 Å². The fraction of sp³-hybridized carbons (Fsp3) is 0.0175. The van der Waals surface area contributed by atoms with Crippen LogP contribution in [0.4, 0.5) is 0 Å². The quantitative estimate of drug-likeness (QED) is 0.161. The smallest absolute Gasteiger partial charge is 0.132 e. The molecule has 0 saturated heterocycles. The van der Waals surface area contributed by atoms with E-state index in [1.165, 1.54) is 109 Å². The van der Waals surface area contributed by atoms with Gasteiger partial charge in [-0.1, -0.05) is 176 Å². The number of fused-ring (bicyclic) bond motifs is 18. The summed E-state index contributed by atoms with van der Waals surface area (Å²) in [4.78, 5) is 0. The zero-order valence-electron chi connectivity index (χ0n) is 31.5. The lowest BCUT2D eigenvalue weighted by Crippen LogP contribution is -2.32. The summed E-state index contributed by atoms with van der Waals surface area (Å²) >= 11 is 0. The third-order valence-corrected chi connectivity index (χ3v) is 13.1. The zero-order valence-corrected chi connectivity index (χ0v) is 31.5. The van der Waals surface area contributed by atoms with Gasteiger partial charge in [0.15, 0.2) is 0 Å². The number of hydrogen-bond donors (Lipinski definition) is 0. The minimum atomic E-state index is -0.674. The molecule has 1 spiro atoms. The van der Waals surface area contributed by atoms with Crippen LogP contribution in [0.25, 0.3) is 87.2 Å². The van der Waals surface area contributed by atoms with Crippen LogP contribution in [-0.4, -0.2) is 0 Å². The van der Waals surface area contributed by atoms with Gasteiger partial charge in [-0.3, -0.25) is 0 Å². The summed E-state index contributed by atoms with van der Waals surface area (Å²) in [5.74, 6) is 1.79. The van der Waals surface area contributed by atoms with Crippen molar-refractivity contribution >= 4 is 53.9 Å². The molecule has 0 fully saturated rings. The lowest BCUT2D eigenvalue weighted by molar-refractivity contribution is 0.437. The lowest BCUT2D eigenvalue weighted by Gasteiger charge is -2.40. The normalized spacial score (nSPS) is 13.4. The van der Waals surface area contributed by atoms with E-state index in [2.05, 4.69) is 206 Å². The molecule has 11 aromatic rings. The number of ether oxygens (including phenoxy) is 1. The predicted molar refractivity (Wildman–Crippen MR) is 242 cm³/mol. The summed E-state index contributed by atoms with van der Waals surface area (Å²) in [7, 11) is 0. The van der Waals surface area contributed by atoms with Gasteiger partial charge in [0.2, 0.25) is 0 Å². The van der Waals surface area contributed by atoms with E-state index in [1.54, 1.807) is 0 Å². The first-order valence-electron chi connectivity index (χ1n) is 20.2. The summed E-state index contributed by atoms with van der Waals surface area (Å²) in [6.45, 7) is 0. The van der Waals surface area contributed by atoms with E-state index < -0.39 is 5.41 Å². The van der Waals surface area contributed by atoms with Crippen LogP contribution in [0.1, 0.15) is 22.3 Å². The van der Waals surface area contributed by atoms with Crippen molar-refractivity contribution in [2.45, 2.75) is 5.41 Å². The number of benzene rings is 11. The van der Waals surface area contributed by atoms with Crippen molar-refractivity contribution in [3.63, 3.8) is 0 Å². The molecule has 0 amide bonds. The first-order chi connectivity index (χ1) is 28.8. The Kier molecular flexibility index (Phi) is 6.43. The van der Waals surface area contributed by atoms with Gasteiger partial charge in [0, 0.05) is 11.1 Å². The van der Waals surface area contributed by atoms with Gasteiger partial charge < -0.3 is 4.74 Å². The second kappa shape index (κ2) is 11.8. The van der Waals surface area contributed by atoms with E-state index in [9.17, 15) is 0 Å². The van der Waals surface area contributed by atoms with Crippen molar-refractivity contribution in [2.24, 2.45) is 0 Å². The van der Waals surface area contributed by atoms with E-state index in [0.717, 1.165) is 11.5 Å². The van der Waals surface area contributed by atoms with Crippen molar-refractivity contribution < 1.29 is 4.74 Å². The minimum Gasteiger partial charge on any atom is -0.457 e. The molecule has 0 radical (unpaired) electrons. The van der Waals surface area contributed by atoms with Gasteiger partial charge in [-0.25, -0.2) is 0 Å². The van der Waals surface area contributed by atoms with Gasteiger partial charge in [-0.15, -0.1) is 0 Å². The summed E-state index contributed by atoms with van der Waals surface area (Å²) in [5, 5.41) is 12.6. The van der Waals surface area contributed by atoms with Crippen molar-refractivity contribution in [3.05, 3.63) is 229 Å². The Hall–Kier alpha value is -7.48. The second-order valence-corrected chi connectivity index (χ2v) is 15.9. The Labute approximate surface area is 336 Å². The molecule has 1 aliphatic carbocycles. The lowest BCUT2D eigenvalue weighted by atomic mass is 9.64. The molecule has 0 N–H and O–H groups in total. The van der Waals surface area contributed by atoms with Crippen molar-refractivity contribution in [2.75, 3.05) is 0 Å². The fourth-order valence-electron chi connectivity index (χ4n) is 10.7. The molecule has 0 bridgehead atoms. The highest BCUT2D eigenvalue weighted by molar-refractivity contribution is 6.24. The standard InChI is InChI=1S/C57H34O/c1-2-16-37-32-38(29-28-35(37)14-1)39-30-31-46-47(33-39)43-20-6-8-22-45(43)55-54-44-21-7-5-19-42(44)48(41-23-13-17-36-15-3-4-18-40(36)41)34-51(54)57(56(46)55)49-24-9-11-26-52(49)58-53-27-12-10-25-50(53)57/h1-34H. The SMILES string of the molecule is c1ccc2c(c1)Oc1ccccc1C21c2cc(-c3cccc4ccccc34)c3ccccc3c2-c2c1c1ccc(-c3ccc4ccccc4c3)cc1c1ccccc21. The summed E-state index contributed by atoms with van der Waals surface area (Å²) in [6.07, 6.45) is 0. The van der Waals surface area contributed by atoms with Gasteiger partial charge >= 0.3 is 0 Å². The van der Waals surface area contributed by atoms with Crippen LogP contribution in [-0.2, 0) is 5.41 Å². The van der Waals surface area contributed by atoms with E-state index in [0.29, 0.717) is 0 Å². The Balaban J connectivity index is 1.24. The number of rotatable bonds is 2. The van der Waals surface area contributed by atoms with Crippen molar-refractivity contribution in [3.8, 4) is 44.9 Å². The van der Waals surface area contributed by atoms with E-state index in [4.69, 9.17) is 4.74 Å². The molecule has 11 aromatic carbocycles. The zero-order chi connectivity index (χ0) is 38.0. The molecule has 2 aliphatic rings. The minimum absolute atomic E-state index is 0.674. The first kappa shape index (κ1) is 31.7. The highest BCUT2D eigenvalue weighted by Gasteiger charge is 2.53. The van der Waals surface area contributed by atoms with Crippen LogP contribution in [0.15, 0.2) is 206 Å². The molecular weight excluding hydrogens is 701 g/mol. The predicted octanol–water partition coefficient (Wildman–Crippen LogP) is 15.3. The maximum Gasteiger partial charge on any atom is 0.132 e. The molecule has 58 heavy (non-hydrogen) atoms. The highest BCUT2D eigenvalue weighted by Crippen LogP contribution is 2.66. The van der Waals surface area contributed by atoms with Crippen LogP contribution >= 0.6 is 0 Å². The van der Waals surface area contributed by atoms with E-state index in [1.807, 2.05) is 0 Å². The second-order valence-electron chi connectivity index (χ2n) is 15.9. The molecule has 0 saturated carbocycles. The van der Waals surface area contributed by atoms with E-state index >= 15 is 0 Å². The van der Waals surface area contributed by atoms with Crippen LogP contribution in [0.2, 0.25) is 0 Å². The molecule has 13 rings (SSSR count). The Morgan fingerprint density at radius 2 is 0.862 bits per heavy atom. The Morgan fingerprint density at radius 1 is 0.293 bits per heavy atom. The van der Waals surface area contributed by atoms with Crippen LogP contribution in [0.3, 0.4) is 0 Å². The largest absolute Gasteiger partial charge is 0.457 e. The molecule has 1 nitrogen and oxygen atoms in total. The molecule has 0 atom stereocenters. The summed E-state index contributed by atoms with van der Waals surface area (Å²) in [5.41, 5.74) is 11.8. The van der Waals surface area contributed by atoms with Crippen LogP contribution < -0.4 is 4.74 Å². The van der Waals surface area contributed by atoms with Gasteiger partial charge in [0.1, 0.15) is 11.5 Å². The van der Waals surface area contributed by atoms with Gasteiger partial charge in [-0.05, 0) is 129 Å². The average molecular weight is 735 g/mol. The van der Waals surface area contributed by atoms with Crippen molar-refractivity contribution in [1.29, 1.82) is 0 Å². The first-order valence-corrected chi connectivity index (χ1v) is 20.2. The Bertz CT molecular complexity index is 3500. The molecular formula is C57H34O. The molecule has 1 aliphatic heterocycles. The monoisotopic (exact) mass is 734 g/mol. The van der Waals surface area contributed by atoms with E-state index in [-0.39, 0.29) is 0 Å². The molecule has 268 valence electrons. The third-order valence-electron chi connectivity index (χ3n) is 13.1. The molecule has 0 aromatic heterocycles. The van der Waals surface area contributed by atoms with Gasteiger partial charge in [0.05, 0.1) is 5.41 Å². The topological polar surface area (TPSA) is 9.23 Å². The Morgan fingerprint density at radius 3 is 1.64 bits per heavy atom. The highest BCUT2D eigenvalue weighted by atomic mass is 16.5. The van der Waals surface area contributed by atoms with Gasteiger partial charge in [-0.2, -0.15) is 0 Å². The molecule has 1 heteroatoms. The fourth-order valence-corrected chi connectivity index (χ4v) is 10.7.